The van der Waals surface area contributed by atoms with Gasteiger partial charge in [0.2, 0.25) is 5.91 Å². The van der Waals surface area contributed by atoms with Crippen LogP contribution in [0.1, 0.15) is 12.8 Å². The van der Waals surface area contributed by atoms with Crippen molar-refractivity contribution >= 4 is 34.8 Å². The number of halogens is 2. The van der Waals surface area contributed by atoms with E-state index >= 15 is 0 Å². The fourth-order valence-corrected chi connectivity index (χ4v) is 1.43. The third-order valence-corrected chi connectivity index (χ3v) is 2.22. The first-order chi connectivity index (χ1) is 7.13. The predicted octanol–water partition coefficient (Wildman–Crippen LogP) is 3.24. The second kappa shape index (κ2) is 5.59. The van der Waals surface area contributed by atoms with Crippen molar-refractivity contribution in [1.29, 1.82) is 5.26 Å². The van der Waals surface area contributed by atoms with Crippen LogP contribution in [0.3, 0.4) is 0 Å². The van der Waals surface area contributed by atoms with Crippen LogP contribution in [0.25, 0.3) is 0 Å². The normalized spacial score (nSPS) is 9.40. The fraction of sp³-hybridized carbons (Fsp3) is 0.200. The maximum Gasteiger partial charge on any atom is 0.225 e. The minimum atomic E-state index is -0.235. The SMILES string of the molecule is N#CCCC(=O)Nc1ccc(Cl)cc1Cl. The molecule has 0 aliphatic carbocycles. The molecule has 1 rings (SSSR count). The first kappa shape index (κ1) is 11.8. The number of carbonyl (C=O) groups excluding carboxylic acids is 1. The second-order valence-electron chi connectivity index (χ2n) is 2.83. The van der Waals surface area contributed by atoms with Crippen molar-refractivity contribution in [3.8, 4) is 6.07 Å². The Morgan fingerprint density at radius 2 is 2.20 bits per heavy atom. The molecule has 0 heterocycles. The average Bonchev–Trinajstić information content (AvgIpc) is 2.19. The zero-order chi connectivity index (χ0) is 11.3. The third-order valence-electron chi connectivity index (χ3n) is 1.67. The highest BCUT2D eigenvalue weighted by molar-refractivity contribution is 6.36. The van der Waals surface area contributed by atoms with Gasteiger partial charge < -0.3 is 5.32 Å². The second-order valence-corrected chi connectivity index (χ2v) is 3.67. The number of amides is 1. The van der Waals surface area contributed by atoms with Crippen LogP contribution in [0.2, 0.25) is 10.0 Å². The highest BCUT2D eigenvalue weighted by atomic mass is 35.5. The van der Waals surface area contributed by atoms with Crippen molar-refractivity contribution in [3.63, 3.8) is 0 Å². The molecule has 15 heavy (non-hydrogen) atoms. The van der Waals surface area contributed by atoms with Gasteiger partial charge in [-0.25, -0.2) is 0 Å². The highest BCUT2D eigenvalue weighted by Crippen LogP contribution is 2.25. The molecule has 0 bridgehead atoms. The summed E-state index contributed by atoms with van der Waals surface area (Å²) in [4.78, 5) is 11.3. The maximum atomic E-state index is 11.3. The molecule has 0 atom stereocenters. The van der Waals surface area contributed by atoms with E-state index in [9.17, 15) is 4.79 Å². The van der Waals surface area contributed by atoms with Gasteiger partial charge in [-0.1, -0.05) is 23.2 Å². The van der Waals surface area contributed by atoms with E-state index in [4.69, 9.17) is 28.5 Å². The lowest BCUT2D eigenvalue weighted by Gasteiger charge is -2.05. The lowest BCUT2D eigenvalue weighted by atomic mass is 10.3. The van der Waals surface area contributed by atoms with Crippen molar-refractivity contribution in [2.75, 3.05) is 5.32 Å². The number of benzene rings is 1. The lowest BCUT2D eigenvalue weighted by molar-refractivity contribution is -0.116. The van der Waals surface area contributed by atoms with Crippen LogP contribution < -0.4 is 5.32 Å². The molecule has 1 aromatic carbocycles. The average molecular weight is 243 g/mol. The standard InChI is InChI=1S/C10H8Cl2N2O/c11-7-3-4-9(8(12)6-7)14-10(15)2-1-5-13/h3-4,6H,1-2H2,(H,14,15). The van der Waals surface area contributed by atoms with Gasteiger partial charge in [0.05, 0.1) is 16.8 Å². The van der Waals surface area contributed by atoms with Crippen molar-refractivity contribution in [2.45, 2.75) is 12.8 Å². The molecule has 0 fully saturated rings. The number of hydrogen-bond donors (Lipinski definition) is 1. The Hall–Kier alpha value is -1.24. The summed E-state index contributed by atoms with van der Waals surface area (Å²) in [6.07, 6.45) is 0.354. The molecule has 0 saturated heterocycles. The number of carbonyl (C=O) groups is 1. The van der Waals surface area contributed by atoms with Crippen LogP contribution in [0.4, 0.5) is 5.69 Å². The van der Waals surface area contributed by atoms with E-state index in [1.165, 1.54) is 0 Å². The molecule has 0 saturated carbocycles. The lowest BCUT2D eigenvalue weighted by Crippen LogP contribution is -2.10. The number of nitrogens with one attached hydrogen (secondary N) is 1. The largest absolute Gasteiger partial charge is 0.325 e. The molecule has 78 valence electrons. The van der Waals surface area contributed by atoms with Crippen LogP contribution in [-0.2, 0) is 4.79 Å². The van der Waals surface area contributed by atoms with Gasteiger partial charge in [-0.2, -0.15) is 5.26 Å². The van der Waals surface area contributed by atoms with Crippen molar-refractivity contribution in [1.82, 2.24) is 0 Å². The summed E-state index contributed by atoms with van der Waals surface area (Å²) in [6.45, 7) is 0. The monoisotopic (exact) mass is 242 g/mol. The van der Waals surface area contributed by atoms with Crippen molar-refractivity contribution < 1.29 is 4.79 Å². The molecule has 1 amide bonds. The molecule has 3 nitrogen and oxygen atoms in total. The van der Waals surface area contributed by atoms with Crippen LogP contribution >= 0.6 is 23.2 Å². The molecule has 5 heteroatoms. The van der Waals surface area contributed by atoms with E-state index in [1.807, 2.05) is 6.07 Å². The highest BCUT2D eigenvalue weighted by Gasteiger charge is 2.05. The number of rotatable bonds is 3. The third kappa shape index (κ3) is 3.78. The molecule has 0 aliphatic heterocycles. The van der Waals surface area contributed by atoms with Gasteiger partial charge in [-0.3, -0.25) is 4.79 Å². The minimum Gasteiger partial charge on any atom is -0.325 e. The van der Waals surface area contributed by atoms with Gasteiger partial charge in [0, 0.05) is 17.9 Å². The van der Waals surface area contributed by atoms with Crippen LogP contribution in [0.15, 0.2) is 18.2 Å². The summed E-state index contributed by atoms with van der Waals surface area (Å²) in [5, 5.41) is 11.8. The van der Waals surface area contributed by atoms with Gasteiger partial charge in [0.25, 0.3) is 0 Å². The summed E-state index contributed by atoms with van der Waals surface area (Å²) >= 11 is 11.5. The predicted molar refractivity (Wildman–Crippen MR) is 59.9 cm³/mol. The van der Waals surface area contributed by atoms with E-state index in [0.717, 1.165) is 0 Å². The molecule has 0 aromatic heterocycles. The maximum absolute atomic E-state index is 11.3. The molecule has 0 radical (unpaired) electrons. The van der Waals surface area contributed by atoms with E-state index in [2.05, 4.69) is 5.32 Å². The van der Waals surface area contributed by atoms with E-state index in [-0.39, 0.29) is 18.7 Å². The summed E-state index contributed by atoms with van der Waals surface area (Å²) < 4.78 is 0. The smallest absolute Gasteiger partial charge is 0.225 e. The molecule has 0 unspecified atom stereocenters. The molecular weight excluding hydrogens is 235 g/mol. The van der Waals surface area contributed by atoms with Crippen molar-refractivity contribution in [2.24, 2.45) is 0 Å². The number of nitriles is 1. The summed E-state index contributed by atoms with van der Waals surface area (Å²) in [5.41, 5.74) is 0.504. The Labute approximate surface area is 97.6 Å². The van der Waals surface area contributed by atoms with Gasteiger partial charge in [-0.05, 0) is 18.2 Å². The van der Waals surface area contributed by atoms with Crippen LogP contribution in [0.5, 0.6) is 0 Å². The topological polar surface area (TPSA) is 52.9 Å². The number of nitrogens with zero attached hydrogens (tertiary/aromatic N) is 1. The fourth-order valence-electron chi connectivity index (χ4n) is 0.973. The number of anilines is 1. The zero-order valence-corrected chi connectivity index (χ0v) is 9.27. The molecule has 0 spiro atoms. The van der Waals surface area contributed by atoms with Crippen molar-refractivity contribution in [3.05, 3.63) is 28.2 Å². The zero-order valence-electron chi connectivity index (χ0n) is 7.76. The Morgan fingerprint density at radius 3 is 2.80 bits per heavy atom. The molecular formula is C10H8Cl2N2O. The Balaban J connectivity index is 2.65. The van der Waals surface area contributed by atoms with E-state index in [1.54, 1.807) is 18.2 Å². The summed E-state index contributed by atoms with van der Waals surface area (Å²) in [7, 11) is 0. The molecule has 0 aliphatic rings. The van der Waals surface area contributed by atoms with Gasteiger partial charge in [0.1, 0.15) is 0 Å². The first-order valence-corrected chi connectivity index (χ1v) is 5.01. The number of hydrogen-bond acceptors (Lipinski definition) is 2. The van der Waals surface area contributed by atoms with Crippen LogP contribution in [0, 0.1) is 11.3 Å². The van der Waals surface area contributed by atoms with Gasteiger partial charge >= 0.3 is 0 Å². The quantitative estimate of drug-likeness (QED) is 0.885. The van der Waals surface area contributed by atoms with E-state index in [0.29, 0.717) is 15.7 Å². The Kier molecular flexibility index (Phi) is 4.41. The van der Waals surface area contributed by atoms with Crippen LogP contribution in [-0.4, -0.2) is 5.91 Å². The summed E-state index contributed by atoms with van der Waals surface area (Å²) in [5.74, 6) is -0.235. The Bertz CT molecular complexity index is 412. The minimum absolute atomic E-state index is 0.162. The van der Waals surface area contributed by atoms with Gasteiger partial charge in [-0.15, -0.1) is 0 Å². The van der Waals surface area contributed by atoms with E-state index < -0.39 is 0 Å². The van der Waals surface area contributed by atoms with Gasteiger partial charge in [0.15, 0.2) is 0 Å². The first-order valence-electron chi connectivity index (χ1n) is 4.25. The summed E-state index contributed by atoms with van der Waals surface area (Å²) in [6, 6.07) is 6.69. The Morgan fingerprint density at radius 1 is 1.47 bits per heavy atom. The molecule has 1 aromatic rings. The molecule has 1 N–H and O–H groups in total.